The number of phenols is 1. The number of nitrogens with zero attached hydrogens (tertiary/aromatic N) is 1. The Morgan fingerprint density at radius 3 is 2.28 bits per heavy atom. The summed E-state index contributed by atoms with van der Waals surface area (Å²) < 4.78 is 25.5. The normalized spacial score (nSPS) is 11.9. The lowest BCUT2D eigenvalue weighted by atomic mass is 10.2. The topological polar surface area (TPSA) is 77.8 Å². The molecular formula is C12H19NO4S. The fourth-order valence-corrected chi connectivity index (χ4v) is 2.75. The van der Waals surface area contributed by atoms with Crippen LogP contribution in [0, 0.1) is 0 Å². The van der Waals surface area contributed by atoms with Crippen molar-refractivity contribution in [2.75, 3.05) is 20.2 Å². The molecule has 0 aliphatic rings. The SMILES string of the molecule is CN(CCCCCO)S(=O)(=O)c1ccc(O)cc1. The first kappa shape index (κ1) is 14.9. The van der Waals surface area contributed by atoms with Crippen molar-refractivity contribution in [2.24, 2.45) is 0 Å². The van der Waals surface area contributed by atoms with Gasteiger partial charge in [0.05, 0.1) is 4.90 Å². The minimum atomic E-state index is -3.48. The van der Waals surface area contributed by atoms with Crippen molar-refractivity contribution >= 4 is 10.0 Å². The summed E-state index contributed by atoms with van der Waals surface area (Å²) in [7, 11) is -1.95. The lowest BCUT2D eigenvalue weighted by Crippen LogP contribution is -2.27. The number of rotatable bonds is 7. The first-order valence-electron chi connectivity index (χ1n) is 5.84. The molecular weight excluding hydrogens is 254 g/mol. The number of phenolic OH excluding ortho intramolecular Hbond substituents is 1. The Labute approximate surface area is 108 Å². The van der Waals surface area contributed by atoms with Crippen molar-refractivity contribution in [2.45, 2.75) is 24.2 Å². The van der Waals surface area contributed by atoms with Crippen LogP contribution in [0.4, 0.5) is 0 Å². The monoisotopic (exact) mass is 273 g/mol. The molecule has 0 saturated heterocycles. The van der Waals surface area contributed by atoms with Crippen LogP contribution in [0.3, 0.4) is 0 Å². The molecule has 0 aliphatic heterocycles. The zero-order chi connectivity index (χ0) is 13.6. The van der Waals surface area contributed by atoms with Gasteiger partial charge in [-0.2, -0.15) is 0 Å². The van der Waals surface area contributed by atoms with Crippen LogP contribution in [0.15, 0.2) is 29.2 Å². The van der Waals surface area contributed by atoms with Gasteiger partial charge in [0.1, 0.15) is 5.75 Å². The van der Waals surface area contributed by atoms with Crippen LogP contribution in [-0.4, -0.2) is 43.1 Å². The van der Waals surface area contributed by atoms with E-state index in [9.17, 15) is 8.42 Å². The van der Waals surface area contributed by atoms with Gasteiger partial charge in [-0.25, -0.2) is 12.7 Å². The van der Waals surface area contributed by atoms with Crippen molar-refractivity contribution in [3.8, 4) is 5.75 Å². The molecule has 0 amide bonds. The van der Waals surface area contributed by atoms with Crippen molar-refractivity contribution in [3.63, 3.8) is 0 Å². The molecule has 0 aromatic heterocycles. The molecule has 18 heavy (non-hydrogen) atoms. The molecule has 6 heteroatoms. The number of benzene rings is 1. The van der Waals surface area contributed by atoms with Gasteiger partial charge in [-0.15, -0.1) is 0 Å². The molecule has 0 atom stereocenters. The summed E-state index contributed by atoms with van der Waals surface area (Å²) in [4.78, 5) is 0.171. The molecule has 0 radical (unpaired) electrons. The lowest BCUT2D eigenvalue weighted by molar-refractivity contribution is 0.281. The molecule has 0 unspecified atom stereocenters. The van der Waals surface area contributed by atoms with E-state index < -0.39 is 10.0 Å². The second-order valence-electron chi connectivity index (χ2n) is 4.10. The Morgan fingerprint density at radius 1 is 1.11 bits per heavy atom. The van der Waals surface area contributed by atoms with E-state index in [2.05, 4.69) is 0 Å². The molecule has 0 bridgehead atoms. The van der Waals surface area contributed by atoms with E-state index in [1.54, 1.807) is 0 Å². The fourth-order valence-electron chi connectivity index (χ4n) is 1.54. The highest BCUT2D eigenvalue weighted by Crippen LogP contribution is 2.18. The third-order valence-corrected chi connectivity index (χ3v) is 4.55. The molecule has 0 heterocycles. The summed E-state index contributed by atoms with van der Waals surface area (Å²) in [6.07, 6.45) is 2.20. The van der Waals surface area contributed by atoms with Gasteiger partial charge in [0.2, 0.25) is 10.0 Å². The molecule has 0 spiro atoms. The molecule has 1 rings (SSSR count). The van der Waals surface area contributed by atoms with Crippen molar-refractivity contribution in [1.29, 1.82) is 0 Å². The third kappa shape index (κ3) is 3.97. The van der Waals surface area contributed by atoms with E-state index in [1.165, 1.54) is 35.6 Å². The predicted molar refractivity (Wildman–Crippen MR) is 68.9 cm³/mol. The summed E-state index contributed by atoms with van der Waals surface area (Å²) in [5, 5.41) is 17.8. The first-order chi connectivity index (χ1) is 8.48. The van der Waals surface area contributed by atoms with E-state index in [0.29, 0.717) is 19.4 Å². The van der Waals surface area contributed by atoms with E-state index >= 15 is 0 Å². The van der Waals surface area contributed by atoms with Crippen LogP contribution in [0.1, 0.15) is 19.3 Å². The molecule has 5 nitrogen and oxygen atoms in total. The minimum absolute atomic E-state index is 0.0412. The van der Waals surface area contributed by atoms with Gasteiger partial charge in [-0.3, -0.25) is 0 Å². The van der Waals surface area contributed by atoms with Gasteiger partial charge in [0.15, 0.2) is 0 Å². The molecule has 0 saturated carbocycles. The van der Waals surface area contributed by atoms with Crippen molar-refractivity contribution in [1.82, 2.24) is 4.31 Å². The van der Waals surface area contributed by atoms with E-state index in [-0.39, 0.29) is 17.3 Å². The lowest BCUT2D eigenvalue weighted by Gasteiger charge is -2.17. The van der Waals surface area contributed by atoms with Crippen LogP contribution < -0.4 is 0 Å². The minimum Gasteiger partial charge on any atom is -0.508 e. The molecule has 0 fully saturated rings. The highest BCUT2D eigenvalue weighted by molar-refractivity contribution is 7.89. The average molecular weight is 273 g/mol. The van der Waals surface area contributed by atoms with Crippen LogP contribution in [0.2, 0.25) is 0 Å². The largest absolute Gasteiger partial charge is 0.508 e. The Bertz CT molecular complexity index is 455. The summed E-state index contributed by atoms with van der Waals surface area (Å²) in [6.45, 7) is 0.553. The zero-order valence-corrected chi connectivity index (χ0v) is 11.2. The highest BCUT2D eigenvalue weighted by atomic mass is 32.2. The van der Waals surface area contributed by atoms with Crippen molar-refractivity contribution in [3.05, 3.63) is 24.3 Å². The maximum absolute atomic E-state index is 12.1. The molecule has 1 aromatic rings. The van der Waals surface area contributed by atoms with Gasteiger partial charge < -0.3 is 10.2 Å². The Balaban J connectivity index is 2.65. The third-order valence-electron chi connectivity index (χ3n) is 2.68. The van der Waals surface area contributed by atoms with Crippen LogP contribution in [-0.2, 0) is 10.0 Å². The molecule has 1 aromatic carbocycles. The Kier molecular flexibility index (Phi) is 5.58. The van der Waals surface area contributed by atoms with E-state index in [1.807, 2.05) is 0 Å². The molecule has 2 N–H and O–H groups in total. The highest BCUT2D eigenvalue weighted by Gasteiger charge is 2.19. The number of hydrogen-bond donors (Lipinski definition) is 2. The predicted octanol–water partition coefficient (Wildman–Crippen LogP) is 1.18. The summed E-state index contributed by atoms with van der Waals surface area (Å²) in [5.74, 6) is 0.0412. The van der Waals surface area contributed by atoms with E-state index in [0.717, 1.165) is 6.42 Å². The summed E-state index contributed by atoms with van der Waals surface area (Å²) in [5.41, 5.74) is 0. The summed E-state index contributed by atoms with van der Waals surface area (Å²) >= 11 is 0. The second-order valence-corrected chi connectivity index (χ2v) is 6.15. The van der Waals surface area contributed by atoms with Gasteiger partial charge >= 0.3 is 0 Å². The smallest absolute Gasteiger partial charge is 0.242 e. The van der Waals surface area contributed by atoms with Gasteiger partial charge in [0.25, 0.3) is 0 Å². The number of aromatic hydroxyl groups is 1. The number of hydrogen-bond acceptors (Lipinski definition) is 4. The van der Waals surface area contributed by atoms with Crippen LogP contribution in [0.5, 0.6) is 5.75 Å². The van der Waals surface area contributed by atoms with Gasteiger partial charge in [0, 0.05) is 20.2 Å². The molecule has 102 valence electrons. The second kappa shape index (κ2) is 6.72. The Morgan fingerprint density at radius 2 is 1.72 bits per heavy atom. The van der Waals surface area contributed by atoms with Crippen LogP contribution in [0.25, 0.3) is 0 Å². The maximum atomic E-state index is 12.1. The van der Waals surface area contributed by atoms with Crippen molar-refractivity contribution < 1.29 is 18.6 Å². The quantitative estimate of drug-likeness (QED) is 0.731. The van der Waals surface area contributed by atoms with Gasteiger partial charge in [-0.05, 0) is 43.5 Å². The zero-order valence-electron chi connectivity index (χ0n) is 10.4. The Hall–Kier alpha value is -1.11. The fraction of sp³-hybridized carbons (Fsp3) is 0.500. The first-order valence-corrected chi connectivity index (χ1v) is 7.28. The summed E-state index contributed by atoms with van der Waals surface area (Å²) in [6, 6.07) is 5.47. The maximum Gasteiger partial charge on any atom is 0.242 e. The average Bonchev–Trinajstić information content (AvgIpc) is 2.35. The number of unbranched alkanes of at least 4 members (excludes halogenated alkanes) is 2. The molecule has 0 aliphatic carbocycles. The number of aliphatic hydroxyl groups is 1. The number of sulfonamides is 1. The van der Waals surface area contributed by atoms with E-state index in [4.69, 9.17) is 10.2 Å². The van der Waals surface area contributed by atoms with Crippen LogP contribution >= 0.6 is 0 Å². The number of aliphatic hydroxyl groups excluding tert-OH is 1. The van der Waals surface area contributed by atoms with Gasteiger partial charge in [-0.1, -0.05) is 0 Å². The standard InChI is InChI=1S/C12H19NO4S/c1-13(9-3-2-4-10-14)18(16,17)12-7-5-11(15)6-8-12/h5-8,14-15H,2-4,9-10H2,1H3.